The first-order valence-electron chi connectivity index (χ1n) is 8.54. The molecule has 1 rings (SSSR count). The molecule has 0 radical (unpaired) electrons. The van der Waals surface area contributed by atoms with Gasteiger partial charge in [0.1, 0.15) is 0 Å². The van der Waals surface area contributed by atoms with E-state index in [1.165, 1.54) is 0 Å². The topological polar surface area (TPSA) is 59.3 Å². The molecule has 0 aromatic rings. The maximum atomic E-state index is 12.1. The Labute approximate surface area is 142 Å². The molecule has 0 saturated heterocycles. The van der Waals surface area contributed by atoms with Crippen molar-refractivity contribution in [2.24, 2.45) is 17.8 Å². The molecule has 0 bridgehead atoms. The maximum Gasteiger partial charge on any atom is 0.309 e. The minimum Gasteiger partial charge on any atom is -0.549 e. The molecule has 23 heavy (non-hydrogen) atoms. The van der Waals surface area contributed by atoms with Crippen LogP contribution in [0.5, 0.6) is 0 Å². The van der Waals surface area contributed by atoms with Crippen molar-refractivity contribution in [3.63, 3.8) is 0 Å². The molecule has 3 unspecified atom stereocenters. The number of carbonyl (C=O) groups is 1. The van der Waals surface area contributed by atoms with Crippen LogP contribution in [-0.4, -0.2) is 20.9 Å². The third kappa shape index (κ3) is 5.10. The van der Waals surface area contributed by atoms with E-state index in [4.69, 9.17) is 9.16 Å². The van der Waals surface area contributed by atoms with Gasteiger partial charge in [0.2, 0.25) is 8.32 Å². The Kier molecular flexibility index (Phi) is 6.88. The molecule has 1 aliphatic carbocycles. The van der Waals surface area contributed by atoms with Crippen LogP contribution in [0, 0.1) is 29.1 Å². The Morgan fingerprint density at radius 3 is 2.57 bits per heavy atom. The van der Waals surface area contributed by atoms with Crippen LogP contribution in [0.1, 0.15) is 47.0 Å². The molecule has 1 fully saturated rings. The van der Waals surface area contributed by atoms with Gasteiger partial charge in [-0.1, -0.05) is 27.2 Å². The first kappa shape index (κ1) is 19.8. The summed E-state index contributed by atoms with van der Waals surface area (Å²) in [6.07, 6.45) is 6.22. The number of carbonyl (C=O) groups excluding carboxylic acids is 1. The molecule has 4 nitrogen and oxygen atoms in total. The van der Waals surface area contributed by atoms with Crippen molar-refractivity contribution in [3.8, 4) is 6.07 Å². The Bertz CT molecular complexity index is 474. The fraction of sp³-hybridized carbons (Fsp3) is 0.778. The van der Waals surface area contributed by atoms with Crippen molar-refractivity contribution in [2.45, 2.75) is 65.1 Å². The highest BCUT2D eigenvalue weighted by Gasteiger charge is 2.39. The summed E-state index contributed by atoms with van der Waals surface area (Å²) in [5.74, 6) is -0.568. The Morgan fingerprint density at radius 1 is 1.39 bits per heavy atom. The van der Waals surface area contributed by atoms with Crippen molar-refractivity contribution >= 4 is 14.3 Å². The van der Waals surface area contributed by atoms with Crippen LogP contribution >= 0.6 is 0 Å². The highest BCUT2D eigenvalue weighted by atomic mass is 28.4. The van der Waals surface area contributed by atoms with Gasteiger partial charge < -0.3 is 9.16 Å². The minimum atomic E-state index is -1.86. The van der Waals surface area contributed by atoms with E-state index >= 15 is 0 Å². The monoisotopic (exact) mass is 337 g/mol. The van der Waals surface area contributed by atoms with Crippen LogP contribution in [0.15, 0.2) is 12.3 Å². The van der Waals surface area contributed by atoms with Gasteiger partial charge in [-0.2, -0.15) is 5.26 Å². The molecular formula is C18H31NO3Si. The van der Waals surface area contributed by atoms with Gasteiger partial charge in [0.15, 0.2) is 0 Å². The van der Waals surface area contributed by atoms with E-state index in [1.54, 1.807) is 6.26 Å². The molecule has 5 heteroatoms. The number of nitrogens with zero attached hydrogens (tertiary/aromatic N) is 1. The van der Waals surface area contributed by atoms with Crippen LogP contribution in [0.3, 0.4) is 0 Å². The highest BCUT2D eigenvalue weighted by Crippen LogP contribution is 2.39. The van der Waals surface area contributed by atoms with Crippen molar-refractivity contribution < 1.29 is 14.0 Å². The lowest BCUT2D eigenvalue weighted by Gasteiger charge is -2.35. The van der Waals surface area contributed by atoms with Gasteiger partial charge in [0.05, 0.1) is 30.8 Å². The summed E-state index contributed by atoms with van der Waals surface area (Å²) in [6.45, 7) is 13.1. The van der Waals surface area contributed by atoms with Crippen LogP contribution in [-0.2, 0) is 14.0 Å². The molecule has 0 N–H and O–H groups in total. The number of esters is 1. The smallest absolute Gasteiger partial charge is 0.309 e. The maximum absolute atomic E-state index is 12.1. The summed E-state index contributed by atoms with van der Waals surface area (Å²) in [7, 11) is -1.86. The molecular weight excluding hydrogens is 306 g/mol. The molecule has 1 saturated carbocycles. The number of allylic oxidation sites excluding steroid dienone is 1. The molecule has 0 heterocycles. The number of rotatable bonds is 6. The van der Waals surface area contributed by atoms with Crippen molar-refractivity contribution in [3.05, 3.63) is 12.3 Å². The molecule has 1 aliphatic rings. The minimum absolute atomic E-state index is 0.0401. The average Bonchev–Trinajstić information content (AvgIpc) is 2.92. The van der Waals surface area contributed by atoms with Gasteiger partial charge in [-0.25, -0.2) is 0 Å². The molecule has 0 spiro atoms. The predicted molar refractivity (Wildman–Crippen MR) is 94.0 cm³/mol. The number of ether oxygens (including phenoxy) is 1. The molecule has 0 aromatic carbocycles. The van der Waals surface area contributed by atoms with Crippen LogP contribution in [0.2, 0.25) is 18.1 Å². The Balaban J connectivity index is 2.75. The SMILES string of the molecule is CCOC(=O)C1CCCC1C(C#N)/C=C/O[Si](C)(C)C(C)(C)C. The fourth-order valence-electron chi connectivity index (χ4n) is 2.71. The standard InChI is InChI=1S/C18H31NO3Si/c1-7-21-17(20)16-10-8-9-15(16)14(13-19)11-12-22-23(5,6)18(2,3)4/h11-12,14-16H,7-10H2,1-6H3/b12-11+. The number of hydrogen-bond donors (Lipinski definition) is 0. The summed E-state index contributed by atoms with van der Waals surface area (Å²) in [5.41, 5.74) is 0. The van der Waals surface area contributed by atoms with E-state index < -0.39 is 8.32 Å². The summed E-state index contributed by atoms with van der Waals surface area (Å²) in [4.78, 5) is 12.1. The second kappa shape index (κ2) is 8.01. The quantitative estimate of drug-likeness (QED) is 0.402. The van der Waals surface area contributed by atoms with E-state index in [1.807, 2.05) is 13.0 Å². The number of hydrogen-bond acceptors (Lipinski definition) is 4. The van der Waals surface area contributed by atoms with Crippen LogP contribution in [0.25, 0.3) is 0 Å². The van der Waals surface area contributed by atoms with Crippen LogP contribution < -0.4 is 0 Å². The van der Waals surface area contributed by atoms with Crippen LogP contribution in [0.4, 0.5) is 0 Å². The highest BCUT2D eigenvalue weighted by molar-refractivity contribution is 6.74. The lowest BCUT2D eigenvalue weighted by atomic mass is 9.84. The molecule has 3 atom stereocenters. The zero-order valence-electron chi connectivity index (χ0n) is 15.4. The summed E-state index contributed by atoms with van der Waals surface area (Å²) in [5, 5.41) is 9.63. The van der Waals surface area contributed by atoms with E-state index in [2.05, 4.69) is 39.9 Å². The van der Waals surface area contributed by atoms with Gasteiger partial charge in [-0.3, -0.25) is 4.79 Å². The second-order valence-electron chi connectivity index (χ2n) is 7.81. The first-order valence-corrected chi connectivity index (χ1v) is 11.5. The van der Waals surface area contributed by atoms with E-state index in [-0.39, 0.29) is 28.8 Å². The molecule has 0 amide bonds. The van der Waals surface area contributed by atoms with Gasteiger partial charge in [-0.05, 0) is 49.9 Å². The third-order valence-corrected chi connectivity index (χ3v) is 9.56. The van der Waals surface area contributed by atoms with Gasteiger partial charge >= 0.3 is 5.97 Å². The Hall–Kier alpha value is -1.28. The summed E-state index contributed by atoms with van der Waals surface area (Å²) in [6, 6.07) is 2.34. The van der Waals surface area contributed by atoms with E-state index in [9.17, 15) is 10.1 Å². The zero-order valence-corrected chi connectivity index (χ0v) is 16.4. The zero-order chi connectivity index (χ0) is 17.7. The molecule has 130 valence electrons. The lowest BCUT2D eigenvalue weighted by Crippen LogP contribution is -2.39. The fourth-order valence-corrected chi connectivity index (χ4v) is 3.49. The van der Waals surface area contributed by atoms with Gasteiger partial charge in [0.25, 0.3) is 0 Å². The first-order chi connectivity index (χ1) is 10.6. The molecule has 0 aliphatic heterocycles. The van der Waals surface area contributed by atoms with E-state index in [0.29, 0.717) is 6.61 Å². The van der Waals surface area contributed by atoms with Gasteiger partial charge in [-0.15, -0.1) is 0 Å². The van der Waals surface area contributed by atoms with Crippen molar-refractivity contribution in [1.29, 1.82) is 5.26 Å². The Morgan fingerprint density at radius 2 is 2.04 bits per heavy atom. The normalized spacial score (nSPS) is 23.5. The molecule has 0 aromatic heterocycles. The largest absolute Gasteiger partial charge is 0.549 e. The van der Waals surface area contributed by atoms with E-state index in [0.717, 1.165) is 19.3 Å². The second-order valence-corrected chi connectivity index (χ2v) is 12.6. The summed E-state index contributed by atoms with van der Waals surface area (Å²) >= 11 is 0. The van der Waals surface area contributed by atoms with Crippen molar-refractivity contribution in [2.75, 3.05) is 6.61 Å². The summed E-state index contributed by atoms with van der Waals surface area (Å²) < 4.78 is 11.2. The van der Waals surface area contributed by atoms with Crippen molar-refractivity contribution in [1.82, 2.24) is 0 Å². The third-order valence-electron chi connectivity index (χ3n) is 5.22. The lowest BCUT2D eigenvalue weighted by molar-refractivity contribution is -0.149. The van der Waals surface area contributed by atoms with Gasteiger partial charge in [0, 0.05) is 0 Å². The average molecular weight is 338 g/mol. The number of nitriles is 1. The predicted octanol–water partition coefficient (Wildman–Crippen LogP) is 4.64.